The van der Waals surface area contributed by atoms with Gasteiger partial charge in [-0.25, -0.2) is 15.0 Å². The van der Waals surface area contributed by atoms with Crippen LogP contribution in [0.25, 0.3) is 88.7 Å². The van der Waals surface area contributed by atoms with Crippen molar-refractivity contribution >= 4 is 32.3 Å². The van der Waals surface area contributed by atoms with Crippen molar-refractivity contribution < 1.29 is 0 Å². The van der Waals surface area contributed by atoms with Crippen LogP contribution in [0.5, 0.6) is 0 Å². The fourth-order valence-electron chi connectivity index (χ4n) is 10.1. The molecular weight excluding hydrogens is 739 g/mol. The molecule has 1 aliphatic carbocycles. The highest BCUT2D eigenvalue weighted by atomic mass is 15.0. The number of nitrogens with zero attached hydrogens (tertiary/aromatic N) is 3. The lowest BCUT2D eigenvalue weighted by atomic mass is 9.67. The molecule has 0 atom stereocenters. The monoisotopic (exact) mass is 775 g/mol. The fourth-order valence-corrected chi connectivity index (χ4v) is 10.1. The first-order valence-corrected chi connectivity index (χ1v) is 20.9. The maximum Gasteiger partial charge on any atom is 0.165 e. The van der Waals surface area contributed by atoms with Crippen LogP contribution in [-0.2, 0) is 5.41 Å². The minimum Gasteiger partial charge on any atom is -0.208 e. The van der Waals surface area contributed by atoms with Crippen LogP contribution in [0.4, 0.5) is 0 Å². The van der Waals surface area contributed by atoms with Gasteiger partial charge in [-0.15, -0.1) is 0 Å². The van der Waals surface area contributed by atoms with E-state index >= 15 is 0 Å². The van der Waals surface area contributed by atoms with Gasteiger partial charge in [-0.05, 0) is 76.8 Å². The molecule has 3 nitrogen and oxygen atoms in total. The quantitative estimate of drug-likeness (QED) is 0.125. The second-order valence-corrected chi connectivity index (χ2v) is 15.8. The van der Waals surface area contributed by atoms with E-state index < -0.39 is 5.41 Å². The third-order valence-corrected chi connectivity index (χ3v) is 12.6. The molecule has 0 N–H and O–H groups in total. The molecule has 284 valence electrons. The van der Waals surface area contributed by atoms with Gasteiger partial charge in [0.15, 0.2) is 17.5 Å². The molecule has 3 heteroatoms. The molecule has 0 amide bonds. The molecule has 0 spiro atoms. The van der Waals surface area contributed by atoms with Crippen molar-refractivity contribution in [2.24, 2.45) is 0 Å². The van der Waals surface area contributed by atoms with Crippen LogP contribution >= 0.6 is 0 Å². The Morgan fingerprint density at radius 2 is 0.787 bits per heavy atom. The van der Waals surface area contributed by atoms with E-state index in [1.165, 1.54) is 55.1 Å². The average molecular weight is 776 g/mol. The summed E-state index contributed by atoms with van der Waals surface area (Å²) < 4.78 is 0. The second-order valence-electron chi connectivity index (χ2n) is 15.8. The van der Waals surface area contributed by atoms with E-state index in [9.17, 15) is 0 Å². The molecule has 61 heavy (non-hydrogen) atoms. The van der Waals surface area contributed by atoms with Crippen molar-refractivity contribution in [1.29, 1.82) is 0 Å². The molecule has 0 bridgehead atoms. The van der Waals surface area contributed by atoms with Crippen molar-refractivity contribution in [1.82, 2.24) is 15.0 Å². The summed E-state index contributed by atoms with van der Waals surface area (Å²) in [6.45, 7) is 0. The van der Waals surface area contributed by atoms with E-state index in [1.54, 1.807) is 0 Å². The molecule has 0 unspecified atom stereocenters. The second kappa shape index (κ2) is 14.1. The first-order chi connectivity index (χ1) is 30.3. The number of hydrogen-bond acceptors (Lipinski definition) is 3. The largest absolute Gasteiger partial charge is 0.208 e. The van der Waals surface area contributed by atoms with Gasteiger partial charge in [-0.1, -0.05) is 224 Å². The Balaban J connectivity index is 1.20. The Morgan fingerprint density at radius 3 is 1.49 bits per heavy atom. The number of aromatic nitrogens is 3. The van der Waals surface area contributed by atoms with Gasteiger partial charge in [0.05, 0.1) is 5.41 Å². The molecule has 11 aromatic rings. The van der Waals surface area contributed by atoms with Crippen LogP contribution in [0.2, 0.25) is 0 Å². The minimum absolute atomic E-state index is 0.552. The number of benzene rings is 10. The van der Waals surface area contributed by atoms with E-state index in [2.05, 4.69) is 218 Å². The molecule has 12 rings (SSSR count). The van der Waals surface area contributed by atoms with Crippen LogP contribution in [0.3, 0.4) is 0 Å². The van der Waals surface area contributed by atoms with E-state index in [0.29, 0.717) is 17.5 Å². The summed E-state index contributed by atoms with van der Waals surface area (Å²) in [5.41, 5.74) is 11.9. The Labute approximate surface area is 354 Å². The predicted molar refractivity (Wildman–Crippen MR) is 251 cm³/mol. The van der Waals surface area contributed by atoms with Crippen molar-refractivity contribution in [3.8, 4) is 56.4 Å². The molecule has 0 aliphatic heterocycles. The van der Waals surface area contributed by atoms with Crippen molar-refractivity contribution in [3.63, 3.8) is 0 Å². The van der Waals surface area contributed by atoms with Crippen molar-refractivity contribution in [2.45, 2.75) is 5.41 Å². The van der Waals surface area contributed by atoms with Gasteiger partial charge in [0.2, 0.25) is 0 Å². The third-order valence-electron chi connectivity index (χ3n) is 12.6. The number of rotatable bonds is 6. The van der Waals surface area contributed by atoms with E-state index in [-0.39, 0.29) is 0 Å². The van der Waals surface area contributed by atoms with E-state index in [0.717, 1.165) is 38.4 Å². The van der Waals surface area contributed by atoms with E-state index in [4.69, 9.17) is 15.0 Å². The highest BCUT2D eigenvalue weighted by molar-refractivity contribution is 6.27. The molecule has 0 fully saturated rings. The van der Waals surface area contributed by atoms with Crippen LogP contribution in [0.1, 0.15) is 22.3 Å². The molecule has 10 aromatic carbocycles. The highest BCUT2D eigenvalue weighted by Gasteiger charge is 2.47. The van der Waals surface area contributed by atoms with Gasteiger partial charge in [0.1, 0.15) is 0 Å². The lowest BCUT2D eigenvalue weighted by molar-refractivity contribution is 0.768. The summed E-state index contributed by atoms with van der Waals surface area (Å²) >= 11 is 0. The van der Waals surface area contributed by atoms with Gasteiger partial charge in [-0.3, -0.25) is 0 Å². The normalized spacial score (nSPS) is 12.7. The Kier molecular flexibility index (Phi) is 8.07. The molecular formula is C58H37N3. The van der Waals surface area contributed by atoms with Gasteiger partial charge in [0, 0.05) is 16.7 Å². The first-order valence-electron chi connectivity index (χ1n) is 20.9. The van der Waals surface area contributed by atoms with Crippen LogP contribution in [0.15, 0.2) is 224 Å². The molecule has 0 saturated carbocycles. The lowest BCUT2D eigenvalue weighted by Gasteiger charge is -2.33. The van der Waals surface area contributed by atoms with Crippen LogP contribution in [0, 0.1) is 0 Å². The zero-order chi connectivity index (χ0) is 40.3. The topological polar surface area (TPSA) is 38.7 Å². The third kappa shape index (κ3) is 5.34. The molecule has 0 radical (unpaired) electrons. The standard InChI is InChI=1S/C58H37N3/c1-5-21-39(22-6-1)51-44-30-15-16-31-45(44)54(47-37-36-38-20-13-14-29-43(38)53(47)51)57-60-55(40-23-7-2-8-24-40)59-56(61-57)48-33-19-35-50-52(48)46-32-17-18-34-49(46)58(50,41-25-9-3-10-26-41)42-27-11-4-12-28-42/h1-37H. The molecule has 1 aromatic heterocycles. The number of fused-ring (bicyclic) bond motifs is 7. The number of hydrogen-bond donors (Lipinski definition) is 0. The SMILES string of the molecule is c1ccc(-c2nc(-c3cccc4c3-c3ccccc3C4(c3ccccc3)c3ccccc3)nc(-c3c4ccccc4c(-c4ccccc4)c4c3ccc3ccccc34)n2)cc1. The molecule has 1 aliphatic rings. The predicted octanol–water partition coefficient (Wildman–Crippen LogP) is 14.4. The van der Waals surface area contributed by atoms with Crippen LogP contribution < -0.4 is 0 Å². The molecule has 1 heterocycles. The smallest absolute Gasteiger partial charge is 0.165 e. The van der Waals surface area contributed by atoms with Crippen molar-refractivity contribution in [2.75, 3.05) is 0 Å². The summed E-state index contributed by atoms with van der Waals surface area (Å²) in [6, 6.07) is 80.4. The van der Waals surface area contributed by atoms with Crippen molar-refractivity contribution in [3.05, 3.63) is 247 Å². The first kappa shape index (κ1) is 35.0. The summed E-state index contributed by atoms with van der Waals surface area (Å²) in [7, 11) is 0. The maximum absolute atomic E-state index is 5.60. The van der Waals surface area contributed by atoms with Gasteiger partial charge in [-0.2, -0.15) is 0 Å². The Morgan fingerprint density at radius 1 is 0.279 bits per heavy atom. The Hall–Kier alpha value is -8.01. The zero-order valence-corrected chi connectivity index (χ0v) is 33.2. The lowest BCUT2D eigenvalue weighted by Crippen LogP contribution is -2.28. The summed E-state index contributed by atoms with van der Waals surface area (Å²) in [5, 5.41) is 6.92. The zero-order valence-electron chi connectivity index (χ0n) is 33.2. The van der Waals surface area contributed by atoms with E-state index in [1.807, 2.05) is 6.07 Å². The minimum atomic E-state index is -0.552. The van der Waals surface area contributed by atoms with Gasteiger partial charge in [0.25, 0.3) is 0 Å². The van der Waals surface area contributed by atoms with Crippen LogP contribution in [-0.4, -0.2) is 15.0 Å². The fraction of sp³-hybridized carbons (Fsp3) is 0.0172. The highest BCUT2D eigenvalue weighted by Crippen LogP contribution is 2.58. The Bertz CT molecular complexity index is 3410. The molecule has 0 saturated heterocycles. The summed E-state index contributed by atoms with van der Waals surface area (Å²) in [5.74, 6) is 1.91. The van der Waals surface area contributed by atoms with Gasteiger partial charge >= 0.3 is 0 Å². The average Bonchev–Trinajstić information content (AvgIpc) is 3.65. The summed E-state index contributed by atoms with van der Waals surface area (Å²) in [6.07, 6.45) is 0. The maximum atomic E-state index is 5.60. The summed E-state index contributed by atoms with van der Waals surface area (Å²) in [4.78, 5) is 16.4. The van der Waals surface area contributed by atoms with Gasteiger partial charge < -0.3 is 0 Å².